The first-order valence-corrected chi connectivity index (χ1v) is 6.84. The molecular formula is C13H13NO6S. The highest BCUT2D eigenvalue weighted by Crippen LogP contribution is 2.39. The summed E-state index contributed by atoms with van der Waals surface area (Å²) >= 11 is 0.704. The molecule has 1 atom stereocenters. The smallest absolute Gasteiger partial charge is 0.305 e. The highest BCUT2D eigenvalue weighted by Gasteiger charge is 2.42. The summed E-state index contributed by atoms with van der Waals surface area (Å²) in [5, 5.41) is 7.33. The van der Waals surface area contributed by atoms with Crippen LogP contribution < -0.4 is 14.4 Å². The molecule has 0 spiro atoms. The number of methoxy groups -OCH3 is 2. The first-order chi connectivity index (χ1) is 9.97. The summed E-state index contributed by atoms with van der Waals surface area (Å²) in [4.78, 5) is 35.9. The number of rotatable bonds is 5. The predicted molar refractivity (Wildman–Crippen MR) is 76.1 cm³/mol. The summed E-state index contributed by atoms with van der Waals surface area (Å²) in [5.41, 5.74) is 0.272. The third kappa shape index (κ3) is 2.94. The molecule has 0 bridgehead atoms. The molecule has 21 heavy (non-hydrogen) atoms. The van der Waals surface area contributed by atoms with Gasteiger partial charge in [0, 0.05) is 6.07 Å². The normalized spacial score (nSPS) is 18.0. The van der Waals surface area contributed by atoms with E-state index in [0.717, 1.165) is 4.90 Å². The topological polar surface area (TPSA) is 93.1 Å². The summed E-state index contributed by atoms with van der Waals surface area (Å²) in [7, 11) is 2.89. The Morgan fingerprint density at radius 3 is 2.62 bits per heavy atom. The van der Waals surface area contributed by atoms with Crippen LogP contribution in [0.4, 0.5) is 10.5 Å². The van der Waals surface area contributed by atoms with Gasteiger partial charge in [0.1, 0.15) is 16.7 Å². The number of carbonyl (C=O) groups excluding carboxylic acids is 2. The average Bonchev–Trinajstić information content (AvgIpc) is 2.72. The summed E-state index contributed by atoms with van der Waals surface area (Å²) in [5.74, 6) is -0.870. The number of ether oxygens (including phenoxy) is 2. The Morgan fingerprint density at radius 2 is 2.05 bits per heavy atom. The number of nitrogens with zero attached hydrogens (tertiary/aromatic N) is 1. The number of amides is 2. The highest BCUT2D eigenvalue weighted by atomic mass is 32.2. The molecule has 0 unspecified atom stereocenters. The number of anilines is 1. The van der Waals surface area contributed by atoms with Crippen LogP contribution in [0.15, 0.2) is 18.2 Å². The molecule has 112 valence electrons. The van der Waals surface area contributed by atoms with Crippen molar-refractivity contribution >= 4 is 34.6 Å². The average molecular weight is 311 g/mol. The molecule has 0 aromatic heterocycles. The van der Waals surface area contributed by atoms with Crippen molar-refractivity contribution in [3.63, 3.8) is 0 Å². The number of hydrogen-bond donors (Lipinski definition) is 1. The number of hydrogen-bond acceptors (Lipinski definition) is 6. The van der Waals surface area contributed by atoms with Gasteiger partial charge < -0.3 is 14.6 Å². The largest absolute Gasteiger partial charge is 0.497 e. The van der Waals surface area contributed by atoms with Gasteiger partial charge in [0.05, 0.1) is 26.3 Å². The molecule has 0 radical (unpaired) electrons. The second kappa shape index (κ2) is 6.04. The fraction of sp³-hybridized carbons (Fsp3) is 0.308. The second-order valence-corrected chi connectivity index (χ2v) is 5.34. The minimum Gasteiger partial charge on any atom is -0.497 e. The van der Waals surface area contributed by atoms with Crippen LogP contribution in [0, 0.1) is 0 Å². The lowest BCUT2D eigenvalue weighted by Crippen LogP contribution is -2.32. The van der Waals surface area contributed by atoms with Gasteiger partial charge in [-0.3, -0.25) is 14.4 Å². The van der Waals surface area contributed by atoms with E-state index in [0.29, 0.717) is 23.3 Å². The van der Waals surface area contributed by atoms with Crippen LogP contribution in [-0.4, -0.2) is 41.7 Å². The van der Waals surface area contributed by atoms with E-state index in [2.05, 4.69) is 0 Å². The molecule has 1 aliphatic heterocycles. The Morgan fingerprint density at radius 1 is 1.33 bits per heavy atom. The summed E-state index contributed by atoms with van der Waals surface area (Å²) < 4.78 is 10.2. The summed E-state index contributed by atoms with van der Waals surface area (Å²) in [6.45, 7) is 0. The van der Waals surface area contributed by atoms with Crippen molar-refractivity contribution in [1.29, 1.82) is 0 Å². The molecule has 1 heterocycles. The van der Waals surface area contributed by atoms with Gasteiger partial charge in [-0.15, -0.1) is 0 Å². The van der Waals surface area contributed by atoms with Crippen LogP contribution in [0.2, 0.25) is 0 Å². The van der Waals surface area contributed by atoms with E-state index in [9.17, 15) is 14.4 Å². The molecule has 0 saturated carbocycles. The van der Waals surface area contributed by atoms with E-state index >= 15 is 0 Å². The fourth-order valence-electron chi connectivity index (χ4n) is 1.93. The number of carboxylic acid groups (broad SMARTS) is 1. The van der Waals surface area contributed by atoms with Gasteiger partial charge in [-0.05, 0) is 23.9 Å². The molecular weight excluding hydrogens is 298 g/mol. The molecule has 1 aromatic carbocycles. The van der Waals surface area contributed by atoms with E-state index in [1.807, 2.05) is 0 Å². The molecule has 2 rings (SSSR count). The Labute approximate surface area is 124 Å². The molecule has 1 N–H and O–H groups in total. The zero-order valence-corrected chi connectivity index (χ0v) is 12.2. The first kappa shape index (κ1) is 15.2. The quantitative estimate of drug-likeness (QED) is 0.885. The molecule has 1 aliphatic rings. The Hall–Kier alpha value is -2.22. The van der Waals surface area contributed by atoms with Crippen molar-refractivity contribution in [2.75, 3.05) is 19.1 Å². The van der Waals surface area contributed by atoms with Gasteiger partial charge in [0.15, 0.2) is 0 Å². The van der Waals surface area contributed by atoms with Crippen molar-refractivity contribution in [1.82, 2.24) is 0 Å². The van der Waals surface area contributed by atoms with Crippen LogP contribution >= 0.6 is 11.8 Å². The van der Waals surface area contributed by atoms with Gasteiger partial charge >= 0.3 is 5.97 Å². The lowest BCUT2D eigenvalue weighted by molar-refractivity contribution is -0.138. The number of thioether (sulfide) groups is 1. The maximum absolute atomic E-state index is 12.2. The Kier molecular flexibility index (Phi) is 4.37. The minimum absolute atomic E-state index is 0.272. The van der Waals surface area contributed by atoms with Crippen LogP contribution in [0.1, 0.15) is 6.42 Å². The van der Waals surface area contributed by atoms with E-state index in [1.165, 1.54) is 20.3 Å². The second-order valence-electron chi connectivity index (χ2n) is 4.18. The molecule has 2 amide bonds. The van der Waals surface area contributed by atoms with Crippen molar-refractivity contribution < 1.29 is 29.0 Å². The van der Waals surface area contributed by atoms with Gasteiger partial charge in [0.2, 0.25) is 5.91 Å². The Bertz CT molecular complexity index is 602. The molecule has 1 aromatic rings. The lowest BCUT2D eigenvalue weighted by Gasteiger charge is -2.17. The maximum Gasteiger partial charge on any atom is 0.305 e. The van der Waals surface area contributed by atoms with Crippen LogP contribution in [0.25, 0.3) is 0 Å². The zero-order valence-electron chi connectivity index (χ0n) is 11.4. The summed E-state index contributed by atoms with van der Waals surface area (Å²) in [6.07, 6.45) is -0.399. The van der Waals surface area contributed by atoms with Gasteiger partial charge in [-0.25, -0.2) is 4.90 Å². The van der Waals surface area contributed by atoms with Gasteiger partial charge in [-0.1, -0.05) is 0 Å². The SMILES string of the molecule is COc1ccc(N2C(=O)S[C@@H](CC(=O)O)C2=O)c(OC)c1. The number of benzene rings is 1. The molecule has 0 aliphatic carbocycles. The van der Waals surface area contributed by atoms with Gasteiger partial charge in [0.25, 0.3) is 5.24 Å². The van der Waals surface area contributed by atoms with Crippen molar-refractivity contribution in [3.8, 4) is 11.5 Å². The maximum atomic E-state index is 12.2. The third-order valence-electron chi connectivity index (χ3n) is 2.91. The summed E-state index contributed by atoms with van der Waals surface area (Å²) in [6, 6.07) is 4.66. The molecule has 1 saturated heterocycles. The third-order valence-corrected chi connectivity index (χ3v) is 3.95. The van der Waals surface area contributed by atoms with Crippen LogP contribution in [-0.2, 0) is 9.59 Å². The zero-order chi connectivity index (χ0) is 15.6. The van der Waals surface area contributed by atoms with E-state index < -0.39 is 28.8 Å². The number of carbonyl (C=O) groups is 3. The minimum atomic E-state index is -1.13. The molecule has 7 nitrogen and oxygen atoms in total. The standard InChI is InChI=1S/C13H13NO6S/c1-19-7-3-4-8(9(5-7)20-2)14-12(17)10(6-11(15)16)21-13(14)18/h3-5,10H,6H2,1-2H3,(H,15,16)/t10-/m0/s1. The Balaban J connectivity index is 2.35. The van der Waals surface area contributed by atoms with E-state index in [1.54, 1.807) is 12.1 Å². The number of carboxylic acids is 1. The molecule has 1 fully saturated rings. The first-order valence-electron chi connectivity index (χ1n) is 5.96. The van der Waals surface area contributed by atoms with Crippen molar-refractivity contribution in [2.45, 2.75) is 11.7 Å². The monoisotopic (exact) mass is 311 g/mol. The van der Waals surface area contributed by atoms with E-state index in [4.69, 9.17) is 14.6 Å². The van der Waals surface area contributed by atoms with E-state index in [-0.39, 0.29) is 5.69 Å². The predicted octanol–water partition coefficient (Wildman–Crippen LogP) is 1.75. The highest BCUT2D eigenvalue weighted by molar-refractivity contribution is 8.15. The molecule has 8 heteroatoms. The number of aliphatic carboxylic acids is 1. The number of imide groups is 1. The van der Waals surface area contributed by atoms with Crippen LogP contribution in [0.5, 0.6) is 11.5 Å². The van der Waals surface area contributed by atoms with Gasteiger partial charge in [-0.2, -0.15) is 0 Å². The van der Waals surface area contributed by atoms with Crippen molar-refractivity contribution in [2.24, 2.45) is 0 Å². The lowest BCUT2D eigenvalue weighted by atomic mass is 10.2. The van der Waals surface area contributed by atoms with Crippen molar-refractivity contribution in [3.05, 3.63) is 18.2 Å². The fourth-order valence-corrected chi connectivity index (χ4v) is 2.90. The van der Waals surface area contributed by atoms with Crippen LogP contribution in [0.3, 0.4) is 0 Å².